The summed E-state index contributed by atoms with van der Waals surface area (Å²) in [5, 5.41) is 5.54. The van der Waals surface area contributed by atoms with Gasteiger partial charge in [0.05, 0.1) is 11.9 Å². The smallest absolute Gasteiger partial charge is 0.325 e. The third-order valence-corrected chi connectivity index (χ3v) is 4.76. The number of urea groups is 1. The van der Waals surface area contributed by atoms with Crippen LogP contribution in [-0.4, -0.2) is 53.9 Å². The molecule has 1 aromatic heterocycles. The van der Waals surface area contributed by atoms with E-state index in [-0.39, 0.29) is 24.8 Å². The van der Waals surface area contributed by atoms with Crippen LogP contribution in [0.3, 0.4) is 0 Å². The number of carbonyl (C=O) groups is 3. The first-order valence-corrected chi connectivity index (χ1v) is 8.49. The Labute approximate surface area is 146 Å². The molecule has 134 valence electrons. The van der Waals surface area contributed by atoms with Crippen molar-refractivity contribution in [1.29, 1.82) is 0 Å². The topological polar surface area (TPSA) is 94.6 Å². The lowest BCUT2D eigenvalue weighted by Gasteiger charge is -2.19. The van der Waals surface area contributed by atoms with Crippen LogP contribution < -0.4 is 15.5 Å². The van der Waals surface area contributed by atoms with Gasteiger partial charge >= 0.3 is 6.03 Å². The van der Waals surface area contributed by atoms with Crippen LogP contribution in [0.1, 0.15) is 32.1 Å². The molecule has 1 saturated carbocycles. The fourth-order valence-corrected chi connectivity index (χ4v) is 3.36. The average molecular weight is 345 g/mol. The number of hydrogen-bond acceptors (Lipinski definition) is 5. The summed E-state index contributed by atoms with van der Waals surface area (Å²) in [4.78, 5) is 43.9. The van der Waals surface area contributed by atoms with E-state index >= 15 is 0 Å². The maximum absolute atomic E-state index is 12.5. The van der Waals surface area contributed by atoms with Crippen LogP contribution in [0.4, 0.5) is 16.3 Å². The third kappa shape index (κ3) is 3.42. The van der Waals surface area contributed by atoms with E-state index in [0.29, 0.717) is 18.5 Å². The molecule has 0 unspecified atom stereocenters. The zero-order chi connectivity index (χ0) is 18.0. The predicted molar refractivity (Wildman–Crippen MR) is 93.3 cm³/mol. The maximum atomic E-state index is 12.5. The molecule has 1 aliphatic heterocycles. The Hall–Kier alpha value is -2.64. The molecule has 1 saturated heterocycles. The van der Waals surface area contributed by atoms with Gasteiger partial charge in [-0.05, 0) is 25.0 Å². The van der Waals surface area contributed by atoms with Crippen LogP contribution in [0.2, 0.25) is 0 Å². The van der Waals surface area contributed by atoms with Crippen LogP contribution in [0.25, 0.3) is 0 Å². The molecular weight excluding hydrogens is 322 g/mol. The van der Waals surface area contributed by atoms with E-state index in [9.17, 15) is 14.4 Å². The van der Waals surface area contributed by atoms with E-state index in [1.165, 1.54) is 0 Å². The van der Waals surface area contributed by atoms with Gasteiger partial charge in [0.15, 0.2) is 0 Å². The van der Waals surface area contributed by atoms with E-state index in [0.717, 1.165) is 23.6 Å². The lowest BCUT2D eigenvalue weighted by molar-refractivity contribution is -0.131. The van der Waals surface area contributed by atoms with E-state index < -0.39 is 11.6 Å². The molecule has 1 aromatic rings. The fourth-order valence-electron chi connectivity index (χ4n) is 3.36. The summed E-state index contributed by atoms with van der Waals surface area (Å²) < 4.78 is 0. The Morgan fingerprint density at radius 1 is 1.32 bits per heavy atom. The normalized spacial score (nSPS) is 18.6. The second-order valence-electron chi connectivity index (χ2n) is 6.77. The molecule has 25 heavy (non-hydrogen) atoms. The van der Waals surface area contributed by atoms with E-state index in [4.69, 9.17) is 0 Å². The molecule has 2 aliphatic rings. The number of nitrogens with zero attached hydrogens (tertiary/aromatic N) is 3. The van der Waals surface area contributed by atoms with Crippen molar-refractivity contribution < 1.29 is 14.4 Å². The maximum Gasteiger partial charge on any atom is 0.325 e. The molecule has 4 amide bonds. The van der Waals surface area contributed by atoms with Crippen molar-refractivity contribution in [1.82, 2.24) is 15.2 Å². The van der Waals surface area contributed by atoms with Gasteiger partial charge in [0.2, 0.25) is 5.91 Å². The largest absolute Gasteiger partial charge is 0.363 e. The van der Waals surface area contributed by atoms with E-state index in [1.54, 1.807) is 18.3 Å². The fraction of sp³-hybridized carbons (Fsp3) is 0.529. The molecule has 2 N–H and O–H groups in total. The highest BCUT2D eigenvalue weighted by Gasteiger charge is 2.52. The number of hydrogen-bond donors (Lipinski definition) is 2. The van der Waals surface area contributed by atoms with Crippen molar-refractivity contribution in [3.05, 3.63) is 18.3 Å². The lowest BCUT2D eigenvalue weighted by atomic mass is 9.98. The Kier molecular flexibility index (Phi) is 4.61. The zero-order valence-electron chi connectivity index (χ0n) is 14.5. The average Bonchev–Trinajstić information content (AvgIpc) is 3.13. The van der Waals surface area contributed by atoms with Crippen molar-refractivity contribution in [2.75, 3.05) is 30.9 Å². The Morgan fingerprint density at radius 2 is 2.04 bits per heavy atom. The Balaban J connectivity index is 1.53. The lowest BCUT2D eigenvalue weighted by Crippen LogP contribution is -2.44. The van der Waals surface area contributed by atoms with Gasteiger partial charge < -0.3 is 15.5 Å². The second-order valence-corrected chi connectivity index (χ2v) is 6.77. The highest BCUT2D eigenvalue weighted by Crippen LogP contribution is 2.35. The van der Waals surface area contributed by atoms with Gasteiger partial charge in [-0.1, -0.05) is 12.8 Å². The minimum absolute atomic E-state index is 0.0602. The third-order valence-electron chi connectivity index (χ3n) is 4.76. The highest BCUT2D eigenvalue weighted by atomic mass is 16.2. The molecular formula is C17H23N5O3. The SMILES string of the molecule is CN(C)c1ccc(NC(=O)CCN2C(=O)NC3(CCCC3)C2=O)cn1. The molecule has 0 atom stereocenters. The molecule has 8 nitrogen and oxygen atoms in total. The van der Waals surface area contributed by atoms with Crippen LogP contribution in [-0.2, 0) is 9.59 Å². The summed E-state index contributed by atoms with van der Waals surface area (Å²) in [6.07, 6.45) is 4.89. The molecule has 2 heterocycles. The number of carbonyl (C=O) groups excluding carboxylic acids is 3. The molecule has 1 spiro atoms. The zero-order valence-corrected chi connectivity index (χ0v) is 14.5. The van der Waals surface area contributed by atoms with Crippen LogP contribution in [0.5, 0.6) is 0 Å². The minimum Gasteiger partial charge on any atom is -0.363 e. The van der Waals surface area contributed by atoms with Crippen molar-refractivity contribution in [3.8, 4) is 0 Å². The highest BCUT2D eigenvalue weighted by molar-refractivity contribution is 6.07. The molecule has 0 bridgehead atoms. The summed E-state index contributed by atoms with van der Waals surface area (Å²) in [5.74, 6) is 0.339. The standard InChI is InChI=1S/C17H23N5O3/c1-21(2)13-6-5-12(11-18-13)19-14(23)7-10-22-15(24)17(20-16(22)25)8-3-4-9-17/h5-6,11H,3-4,7-10H2,1-2H3,(H,19,23)(H,20,25). The second kappa shape index (κ2) is 6.70. The quantitative estimate of drug-likeness (QED) is 0.786. The van der Waals surface area contributed by atoms with Crippen LogP contribution in [0, 0.1) is 0 Å². The van der Waals surface area contributed by atoms with Gasteiger partial charge in [-0.2, -0.15) is 0 Å². The molecule has 3 rings (SSSR count). The van der Waals surface area contributed by atoms with Crippen molar-refractivity contribution in [2.24, 2.45) is 0 Å². The predicted octanol–water partition coefficient (Wildman–Crippen LogP) is 1.34. The molecule has 1 aliphatic carbocycles. The first-order chi connectivity index (χ1) is 11.9. The number of anilines is 2. The van der Waals surface area contributed by atoms with Crippen molar-refractivity contribution in [2.45, 2.75) is 37.6 Å². The summed E-state index contributed by atoms with van der Waals surface area (Å²) in [6.45, 7) is 0.0848. The summed E-state index contributed by atoms with van der Waals surface area (Å²) in [7, 11) is 3.77. The number of imide groups is 1. The number of pyridine rings is 1. The van der Waals surface area contributed by atoms with E-state index in [1.807, 2.05) is 19.0 Å². The molecule has 2 fully saturated rings. The van der Waals surface area contributed by atoms with Gasteiger partial charge in [0.25, 0.3) is 5.91 Å². The molecule has 0 radical (unpaired) electrons. The van der Waals surface area contributed by atoms with Gasteiger partial charge in [-0.3, -0.25) is 14.5 Å². The monoisotopic (exact) mass is 345 g/mol. The van der Waals surface area contributed by atoms with Gasteiger partial charge in [0, 0.05) is 27.1 Å². The number of amides is 4. The Bertz CT molecular complexity index is 680. The number of nitrogens with one attached hydrogen (secondary N) is 2. The number of rotatable bonds is 5. The minimum atomic E-state index is -0.723. The van der Waals surface area contributed by atoms with Crippen molar-refractivity contribution >= 4 is 29.4 Å². The first kappa shape index (κ1) is 17.2. The molecule has 8 heteroatoms. The van der Waals surface area contributed by atoms with Gasteiger partial charge in [-0.25, -0.2) is 9.78 Å². The van der Waals surface area contributed by atoms with Gasteiger partial charge in [0.1, 0.15) is 11.4 Å². The summed E-state index contributed by atoms with van der Waals surface area (Å²) in [5.41, 5.74) is -0.139. The summed E-state index contributed by atoms with van der Waals surface area (Å²) >= 11 is 0. The Morgan fingerprint density at radius 3 is 2.64 bits per heavy atom. The van der Waals surface area contributed by atoms with Gasteiger partial charge in [-0.15, -0.1) is 0 Å². The number of aromatic nitrogens is 1. The molecule has 0 aromatic carbocycles. The van der Waals surface area contributed by atoms with E-state index in [2.05, 4.69) is 15.6 Å². The van der Waals surface area contributed by atoms with Crippen molar-refractivity contribution in [3.63, 3.8) is 0 Å². The summed E-state index contributed by atoms with van der Waals surface area (Å²) in [6, 6.07) is 3.18. The van der Waals surface area contributed by atoms with Crippen LogP contribution >= 0.6 is 0 Å². The van der Waals surface area contributed by atoms with Crippen LogP contribution in [0.15, 0.2) is 18.3 Å². The first-order valence-electron chi connectivity index (χ1n) is 8.49.